The summed E-state index contributed by atoms with van der Waals surface area (Å²) in [7, 11) is 0. The summed E-state index contributed by atoms with van der Waals surface area (Å²) in [5, 5.41) is 22.3. The Kier molecular flexibility index (Phi) is 6.71. The lowest BCUT2D eigenvalue weighted by Crippen LogP contribution is -2.10. The van der Waals surface area contributed by atoms with Crippen LogP contribution in [-0.2, 0) is 10.8 Å². The standard InChI is InChI=1S/C40H35N3/c1-39(2,3)30-16-19-36-33(22-30)34-23-31(40(4,5)6)17-20-37(34)43(36)35-18-15-27(21-32(35)26-11-8-7-9-12-26)38-28(24-41)13-10-14-29(38)25-42/h7-23H,1-6H3. The van der Waals surface area contributed by atoms with Crippen LogP contribution in [0.2, 0.25) is 0 Å². The van der Waals surface area contributed by atoms with Crippen molar-refractivity contribution in [2.24, 2.45) is 0 Å². The molecule has 0 unspecified atom stereocenters. The van der Waals surface area contributed by atoms with Gasteiger partial charge in [0, 0.05) is 21.9 Å². The first-order chi connectivity index (χ1) is 20.5. The van der Waals surface area contributed by atoms with Crippen molar-refractivity contribution in [2.75, 3.05) is 0 Å². The molecule has 0 atom stereocenters. The van der Waals surface area contributed by atoms with Crippen molar-refractivity contribution in [3.05, 3.63) is 125 Å². The van der Waals surface area contributed by atoms with E-state index in [1.807, 2.05) is 24.3 Å². The van der Waals surface area contributed by atoms with E-state index in [2.05, 4.69) is 119 Å². The van der Waals surface area contributed by atoms with Gasteiger partial charge in [0.1, 0.15) is 0 Å². The van der Waals surface area contributed by atoms with Gasteiger partial charge in [0.15, 0.2) is 0 Å². The number of hydrogen-bond acceptors (Lipinski definition) is 2. The minimum atomic E-state index is 0.0215. The van der Waals surface area contributed by atoms with E-state index in [1.54, 1.807) is 18.2 Å². The second-order valence-electron chi connectivity index (χ2n) is 13.3. The summed E-state index contributed by atoms with van der Waals surface area (Å²) in [5.41, 5.74) is 10.6. The summed E-state index contributed by atoms with van der Waals surface area (Å²) in [6, 6.07) is 40.3. The number of nitrogens with zero attached hydrogens (tertiary/aromatic N) is 3. The molecule has 0 saturated carbocycles. The van der Waals surface area contributed by atoms with Crippen molar-refractivity contribution in [1.29, 1.82) is 10.5 Å². The molecule has 1 heterocycles. The zero-order chi connectivity index (χ0) is 30.5. The second-order valence-corrected chi connectivity index (χ2v) is 13.3. The molecule has 3 heteroatoms. The number of hydrogen-bond donors (Lipinski definition) is 0. The van der Waals surface area contributed by atoms with Crippen LogP contribution in [-0.4, -0.2) is 4.57 Å². The van der Waals surface area contributed by atoms with E-state index < -0.39 is 0 Å². The Balaban J connectivity index is 1.72. The monoisotopic (exact) mass is 557 g/mol. The number of benzene rings is 5. The number of aromatic nitrogens is 1. The zero-order valence-electron chi connectivity index (χ0n) is 25.7. The van der Waals surface area contributed by atoms with Crippen LogP contribution in [0, 0.1) is 22.7 Å². The number of rotatable bonds is 3. The summed E-state index contributed by atoms with van der Waals surface area (Å²) in [6.45, 7) is 13.6. The average molecular weight is 558 g/mol. The van der Waals surface area contributed by atoms with Crippen molar-refractivity contribution in [3.8, 4) is 40.1 Å². The van der Waals surface area contributed by atoms with Crippen molar-refractivity contribution in [2.45, 2.75) is 52.4 Å². The van der Waals surface area contributed by atoms with Crippen LogP contribution in [0.5, 0.6) is 0 Å². The lowest BCUT2D eigenvalue weighted by molar-refractivity contribution is 0.590. The molecular formula is C40H35N3. The van der Waals surface area contributed by atoms with E-state index in [-0.39, 0.29) is 10.8 Å². The van der Waals surface area contributed by atoms with Crippen LogP contribution in [0.25, 0.3) is 49.7 Å². The summed E-state index contributed by atoms with van der Waals surface area (Å²) in [4.78, 5) is 0. The van der Waals surface area contributed by atoms with Gasteiger partial charge in [-0.05, 0) is 81.6 Å². The summed E-state index contributed by atoms with van der Waals surface area (Å²) >= 11 is 0. The van der Waals surface area contributed by atoms with Crippen LogP contribution >= 0.6 is 0 Å². The molecule has 6 aromatic rings. The SMILES string of the molecule is CC(C)(C)c1ccc2c(c1)c1cc(C(C)(C)C)ccc1n2-c1ccc(-c2c(C#N)cccc2C#N)cc1-c1ccccc1. The fraction of sp³-hybridized carbons (Fsp3) is 0.200. The Labute approximate surface area is 254 Å². The summed E-state index contributed by atoms with van der Waals surface area (Å²) < 4.78 is 2.37. The predicted octanol–water partition coefficient (Wildman–Crippen LogP) is 10.5. The lowest BCUT2D eigenvalue weighted by atomic mass is 9.85. The molecule has 0 N–H and O–H groups in total. The lowest BCUT2D eigenvalue weighted by Gasteiger charge is -2.20. The predicted molar refractivity (Wildman–Crippen MR) is 178 cm³/mol. The molecule has 0 saturated heterocycles. The van der Waals surface area contributed by atoms with E-state index in [0.717, 1.165) is 33.4 Å². The molecule has 0 bridgehead atoms. The van der Waals surface area contributed by atoms with Crippen molar-refractivity contribution >= 4 is 21.8 Å². The molecular weight excluding hydrogens is 522 g/mol. The van der Waals surface area contributed by atoms with E-state index >= 15 is 0 Å². The second kappa shape index (κ2) is 10.3. The van der Waals surface area contributed by atoms with Gasteiger partial charge < -0.3 is 4.57 Å². The van der Waals surface area contributed by atoms with E-state index in [1.165, 1.54) is 21.9 Å². The van der Waals surface area contributed by atoms with E-state index in [0.29, 0.717) is 16.7 Å². The highest BCUT2D eigenvalue weighted by molar-refractivity contribution is 6.10. The molecule has 0 aliphatic rings. The van der Waals surface area contributed by atoms with Crippen LogP contribution in [0.3, 0.4) is 0 Å². The molecule has 1 aromatic heterocycles. The molecule has 210 valence electrons. The Morgan fingerprint density at radius 1 is 0.535 bits per heavy atom. The highest BCUT2D eigenvalue weighted by Crippen LogP contribution is 2.41. The highest BCUT2D eigenvalue weighted by atomic mass is 15.0. The Hall–Kier alpha value is -5.12. The Morgan fingerprint density at radius 3 is 1.56 bits per heavy atom. The van der Waals surface area contributed by atoms with Gasteiger partial charge in [0.25, 0.3) is 0 Å². The molecule has 0 fully saturated rings. The normalized spacial score (nSPS) is 11.9. The molecule has 5 aromatic carbocycles. The highest BCUT2D eigenvalue weighted by Gasteiger charge is 2.22. The number of fused-ring (bicyclic) bond motifs is 3. The van der Waals surface area contributed by atoms with Crippen molar-refractivity contribution in [3.63, 3.8) is 0 Å². The van der Waals surface area contributed by atoms with Crippen molar-refractivity contribution < 1.29 is 0 Å². The Bertz CT molecular complexity index is 2000. The van der Waals surface area contributed by atoms with Gasteiger partial charge in [-0.2, -0.15) is 10.5 Å². The summed E-state index contributed by atoms with van der Waals surface area (Å²) in [5.74, 6) is 0. The van der Waals surface area contributed by atoms with E-state index in [4.69, 9.17) is 0 Å². The first-order valence-electron chi connectivity index (χ1n) is 14.7. The molecule has 6 rings (SSSR count). The third-order valence-corrected chi connectivity index (χ3v) is 8.41. The topological polar surface area (TPSA) is 52.5 Å². The minimum Gasteiger partial charge on any atom is -0.309 e. The maximum atomic E-state index is 9.92. The third-order valence-electron chi connectivity index (χ3n) is 8.41. The molecule has 0 radical (unpaired) electrons. The quantitative estimate of drug-likeness (QED) is 0.217. The largest absolute Gasteiger partial charge is 0.309 e. The Morgan fingerprint density at radius 2 is 1.07 bits per heavy atom. The average Bonchev–Trinajstić information content (AvgIpc) is 3.33. The fourth-order valence-corrected chi connectivity index (χ4v) is 6.00. The molecule has 43 heavy (non-hydrogen) atoms. The van der Waals surface area contributed by atoms with Crippen LogP contribution in [0.1, 0.15) is 63.8 Å². The molecule has 0 aliphatic carbocycles. The molecule has 3 nitrogen and oxygen atoms in total. The smallest absolute Gasteiger partial charge is 0.0998 e. The van der Waals surface area contributed by atoms with Gasteiger partial charge in [-0.1, -0.05) is 96.1 Å². The van der Waals surface area contributed by atoms with Gasteiger partial charge in [-0.15, -0.1) is 0 Å². The molecule has 0 aliphatic heterocycles. The third kappa shape index (κ3) is 4.88. The number of nitriles is 2. The van der Waals surface area contributed by atoms with Crippen LogP contribution < -0.4 is 0 Å². The maximum absolute atomic E-state index is 9.92. The fourth-order valence-electron chi connectivity index (χ4n) is 6.00. The molecule has 0 spiro atoms. The molecule has 0 amide bonds. The summed E-state index contributed by atoms with van der Waals surface area (Å²) in [6.07, 6.45) is 0. The minimum absolute atomic E-state index is 0.0215. The van der Waals surface area contributed by atoms with Crippen LogP contribution in [0.4, 0.5) is 0 Å². The van der Waals surface area contributed by atoms with Gasteiger partial charge >= 0.3 is 0 Å². The maximum Gasteiger partial charge on any atom is 0.0998 e. The van der Waals surface area contributed by atoms with E-state index in [9.17, 15) is 10.5 Å². The zero-order valence-corrected chi connectivity index (χ0v) is 25.7. The van der Waals surface area contributed by atoms with Crippen LogP contribution in [0.15, 0.2) is 103 Å². The van der Waals surface area contributed by atoms with Gasteiger partial charge in [0.05, 0.1) is 40.0 Å². The van der Waals surface area contributed by atoms with Gasteiger partial charge in [-0.25, -0.2) is 0 Å². The first-order valence-corrected chi connectivity index (χ1v) is 14.7. The van der Waals surface area contributed by atoms with Gasteiger partial charge in [-0.3, -0.25) is 0 Å². The first kappa shape index (κ1) is 28.0. The van der Waals surface area contributed by atoms with Crippen molar-refractivity contribution in [1.82, 2.24) is 4.57 Å². The van der Waals surface area contributed by atoms with Gasteiger partial charge in [0.2, 0.25) is 0 Å².